The second-order valence-electron chi connectivity index (χ2n) is 8.51. The van der Waals surface area contributed by atoms with Gasteiger partial charge in [-0.15, -0.1) is 0 Å². The molecule has 1 saturated heterocycles. The first-order valence-electron chi connectivity index (χ1n) is 10.8. The molecule has 1 aliphatic heterocycles. The van der Waals surface area contributed by atoms with Crippen molar-refractivity contribution in [2.75, 3.05) is 25.2 Å². The fourth-order valence-corrected chi connectivity index (χ4v) is 5.15. The second kappa shape index (κ2) is 9.01. The fraction of sp³-hybridized carbons (Fsp3) is 0.385. The number of ether oxygens (including phenoxy) is 2. The Morgan fingerprint density at radius 3 is 2.68 bits per heavy atom. The minimum absolute atomic E-state index is 0.123. The molecule has 0 radical (unpaired) electrons. The van der Waals surface area contributed by atoms with Crippen molar-refractivity contribution in [1.82, 2.24) is 0 Å². The summed E-state index contributed by atoms with van der Waals surface area (Å²) in [6.45, 7) is 5.28. The van der Waals surface area contributed by atoms with Crippen LogP contribution in [0.15, 0.2) is 60.2 Å². The van der Waals surface area contributed by atoms with Crippen molar-refractivity contribution >= 4 is 9.84 Å². The van der Waals surface area contributed by atoms with Crippen LogP contribution < -0.4 is 4.74 Å². The lowest BCUT2D eigenvalue weighted by Crippen LogP contribution is -2.14. The highest BCUT2D eigenvalue weighted by molar-refractivity contribution is 7.90. The van der Waals surface area contributed by atoms with Crippen molar-refractivity contribution < 1.29 is 17.9 Å². The van der Waals surface area contributed by atoms with Crippen LogP contribution >= 0.6 is 0 Å². The molecule has 4 nitrogen and oxygen atoms in total. The number of hydrogen-bond acceptors (Lipinski definition) is 4. The van der Waals surface area contributed by atoms with E-state index in [-0.39, 0.29) is 17.8 Å². The summed E-state index contributed by atoms with van der Waals surface area (Å²) in [5.74, 6) is 1.12. The maximum absolute atomic E-state index is 11.6. The quantitative estimate of drug-likeness (QED) is 0.561. The number of benzene rings is 2. The Morgan fingerprint density at radius 1 is 1.16 bits per heavy atom. The normalized spacial score (nSPS) is 20.4. The highest BCUT2D eigenvalue weighted by Gasteiger charge is 2.36. The zero-order valence-electron chi connectivity index (χ0n) is 18.4. The van der Waals surface area contributed by atoms with Crippen LogP contribution in [-0.4, -0.2) is 39.7 Å². The first kappa shape index (κ1) is 21.8. The number of sulfone groups is 1. The zero-order valence-corrected chi connectivity index (χ0v) is 19.2. The average molecular weight is 439 g/mol. The lowest BCUT2D eigenvalue weighted by atomic mass is 9.82. The zero-order chi connectivity index (χ0) is 22.0. The van der Waals surface area contributed by atoms with Gasteiger partial charge < -0.3 is 9.47 Å². The molecule has 2 aliphatic rings. The van der Waals surface area contributed by atoms with Crippen LogP contribution in [0.5, 0.6) is 5.75 Å². The van der Waals surface area contributed by atoms with Gasteiger partial charge >= 0.3 is 0 Å². The molecule has 0 saturated carbocycles. The van der Waals surface area contributed by atoms with Gasteiger partial charge in [-0.1, -0.05) is 48.6 Å². The van der Waals surface area contributed by atoms with Gasteiger partial charge in [-0.25, -0.2) is 8.42 Å². The molecule has 0 aromatic heterocycles. The molecule has 2 aromatic rings. The highest BCUT2D eigenvalue weighted by atomic mass is 32.2. The maximum atomic E-state index is 11.6. The molecule has 0 unspecified atom stereocenters. The Bertz CT molecular complexity index is 1110. The molecule has 0 spiro atoms. The molecule has 1 fully saturated rings. The van der Waals surface area contributed by atoms with Crippen LogP contribution in [0.2, 0.25) is 0 Å². The summed E-state index contributed by atoms with van der Waals surface area (Å²) >= 11 is 0. The third kappa shape index (κ3) is 4.78. The minimum Gasteiger partial charge on any atom is -0.493 e. The number of aryl methyl sites for hydroxylation is 1. The van der Waals surface area contributed by atoms with E-state index in [9.17, 15) is 8.42 Å². The molecule has 0 N–H and O–H groups in total. The van der Waals surface area contributed by atoms with Crippen molar-refractivity contribution in [3.63, 3.8) is 0 Å². The van der Waals surface area contributed by atoms with E-state index in [0.717, 1.165) is 23.3 Å². The maximum Gasteiger partial charge on any atom is 0.147 e. The number of allylic oxidation sites excluding steroid dienone is 2. The molecule has 164 valence electrons. The monoisotopic (exact) mass is 438 g/mol. The summed E-state index contributed by atoms with van der Waals surface area (Å²) in [4.78, 5) is 0. The standard InChI is InChI=1S/C26H30O4S/c1-18-16-22(20-10-5-4-6-11-20)26(29-14-9-15-31(3,27)28)25(19(18)2)23-17-30-24-13-8-7-12-21(23)24/h4-8,10-12,16,23-24H,9,13-15,17H2,1-3H3/t23-,24-/m0/s1. The van der Waals surface area contributed by atoms with E-state index < -0.39 is 9.84 Å². The smallest absolute Gasteiger partial charge is 0.147 e. The van der Waals surface area contributed by atoms with Gasteiger partial charge in [0.25, 0.3) is 0 Å². The highest BCUT2D eigenvalue weighted by Crippen LogP contribution is 2.47. The first-order chi connectivity index (χ1) is 14.8. The molecule has 5 heteroatoms. The molecular weight excluding hydrogens is 408 g/mol. The second-order valence-corrected chi connectivity index (χ2v) is 10.8. The molecule has 2 atom stereocenters. The van der Waals surface area contributed by atoms with Crippen LogP contribution in [0, 0.1) is 13.8 Å². The van der Waals surface area contributed by atoms with Crippen molar-refractivity contribution in [3.8, 4) is 16.9 Å². The molecule has 1 aliphatic carbocycles. The Morgan fingerprint density at radius 2 is 1.94 bits per heavy atom. The van der Waals surface area contributed by atoms with E-state index in [2.05, 4.69) is 50.3 Å². The summed E-state index contributed by atoms with van der Waals surface area (Å²) in [7, 11) is -3.01. The minimum atomic E-state index is -3.01. The van der Waals surface area contributed by atoms with Crippen LogP contribution in [-0.2, 0) is 14.6 Å². The topological polar surface area (TPSA) is 52.6 Å². The average Bonchev–Trinajstić information content (AvgIpc) is 3.17. The lowest BCUT2D eigenvalue weighted by molar-refractivity contribution is 0.122. The largest absolute Gasteiger partial charge is 0.493 e. The van der Waals surface area contributed by atoms with Crippen molar-refractivity contribution in [2.24, 2.45) is 0 Å². The number of fused-ring (bicyclic) bond motifs is 1. The van der Waals surface area contributed by atoms with Gasteiger partial charge in [0.05, 0.1) is 25.1 Å². The van der Waals surface area contributed by atoms with Crippen molar-refractivity contribution in [1.29, 1.82) is 0 Å². The molecular formula is C26H30O4S. The van der Waals surface area contributed by atoms with Crippen LogP contribution in [0.1, 0.15) is 35.4 Å². The lowest BCUT2D eigenvalue weighted by Gasteiger charge is -2.25. The van der Waals surface area contributed by atoms with Crippen LogP contribution in [0.25, 0.3) is 11.1 Å². The third-order valence-corrected chi connectivity index (χ3v) is 7.23. The molecule has 2 aromatic carbocycles. The number of hydrogen-bond donors (Lipinski definition) is 0. The van der Waals surface area contributed by atoms with Gasteiger partial charge in [0.1, 0.15) is 15.6 Å². The van der Waals surface area contributed by atoms with E-state index in [1.54, 1.807) is 0 Å². The van der Waals surface area contributed by atoms with Gasteiger partial charge in [-0.2, -0.15) is 0 Å². The van der Waals surface area contributed by atoms with E-state index in [1.807, 2.05) is 18.2 Å². The first-order valence-corrected chi connectivity index (χ1v) is 12.9. The summed E-state index contributed by atoms with van der Waals surface area (Å²) in [5.41, 5.74) is 7.04. The fourth-order valence-electron chi connectivity index (χ4n) is 4.51. The van der Waals surface area contributed by atoms with E-state index in [0.29, 0.717) is 19.6 Å². The van der Waals surface area contributed by atoms with Gasteiger partial charge in [-0.05, 0) is 55.0 Å². The van der Waals surface area contributed by atoms with Gasteiger partial charge in [0.2, 0.25) is 0 Å². The summed E-state index contributed by atoms with van der Waals surface area (Å²) in [5, 5.41) is 0. The van der Waals surface area contributed by atoms with Crippen LogP contribution in [0.4, 0.5) is 0 Å². The van der Waals surface area contributed by atoms with Gasteiger partial charge in [0, 0.05) is 23.3 Å². The predicted octanol–water partition coefficient (Wildman–Crippen LogP) is 5.15. The van der Waals surface area contributed by atoms with E-state index in [4.69, 9.17) is 9.47 Å². The predicted molar refractivity (Wildman–Crippen MR) is 125 cm³/mol. The molecule has 31 heavy (non-hydrogen) atoms. The van der Waals surface area contributed by atoms with Crippen molar-refractivity contribution in [3.05, 3.63) is 76.9 Å². The van der Waals surface area contributed by atoms with Gasteiger partial charge in [0.15, 0.2) is 0 Å². The van der Waals surface area contributed by atoms with E-state index >= 15 is 0 Å². The molecule has 4 rings (SSSR count). The Balaban J connectivity index is 1.79. The van der Waals surface area contributed by atoms with Crippen LogP contribution in [0.3, 0.4) is 0 Å². The summed E-state index contributed by atoms with van der Waals surface area (Å²) in [6.07, 6.45) is 9.22. The Hall–Kier alpha value is -2.37. The van der Waals surface area contributed by atoms with E-state index in [1.165, 1.54) is 28.5 Å². The molecule has 1 heterocycles. The van der Waals surface area contributed by atoms with Gasteiger partial charge in [-0.3, -0.25) is 0 Å². The number of rotatable bonds is 7. The Kier molecular flexibility index (Phi) is 6.35. The summed E-state index contributed by atoms with van der Waals surface area (Å²) < 4.78 is 35.7. The molecule has 0 amide bonds. The Labute approximate surface area is 185 Å². The van der Waals surface area contributed by atoms with Crippen molar-refractivity contribution in [2.45, 2.75) is 38.7 Å². The third-order valence-electron chi connectivity index (χ3n) is 6.20. The SMILES string of the molecule is Cc1cc(-c2ccccc2)c(OCCCS(C)(=O)=O)c([C@H]2CO[C@H]3CC=CC=C32)c1C. The molecule has 0 bridgehead atoms. The summed E-state index contributed by atoms with van der Waals surface area (Å²) in [6, 6.07) is 12.4.